The van der Waals surface area contributed by atoms with Crippen molar-refractivity contribution in [2.24, 2.45) is 5.92 Å². The number of alkyl halides is 3. The molecule has 0 amide bonds. The number of aliphatic carboxylic acids is 1. The molecule has 39 heavy (non-hydrogen) atoms. The predicted molar refractivity (Wildman–Crippen MR) is 124 cm³/mol. The minimum Gasteiger partial charge on any atom is -0.481 e. The van der Waals surface area contributed by atoms with E-state index in [1.807, 2.05) is 6.07 Å². The van der Waals surface area contributed by atoms with Gasteiger partial charge in [-0.3, -0.25) is 9.78 Å². The van der Waals surface area contributed by atoms with Gasteiger partial charge in [0.2, 0.25) is 0 Å². The molecule has 1 saturated carbocycles. The lowest BCUT2D eigenvalue weighted by molar-refractivity contribution is -0.160. The van der Waals surface area contributed by atoms with Gasteiger partial charge < -0.3 is 24.2 Å². The largest absolute Gasteiger partial charge is 0.534 e. The summed E-state index contributed by atoms with van der Waals surface area (Å²) in [4.78, 5) is 16.4. The third kappa shape index (κ3) is 3.65. The zero-order chi connectivity index (χ0) is 28.4. The van der Waals surface area contributed by atoms with Crippen molar-refractivity contribution in [2.45, 2.75) is 28.7 Å². The van der Waals surface area contributed by atoms with E-state index in [-0.39, 0.29) is 11.1 Å². The first-order chi connectivity index (χ1) is 18.3. The van der Waals surface area contributed by atoms with Crippen molar-refractivity contribution in [3.05, 3.63) is 89.2 Å². The van der Waals surface area contributed by atoms with Gasteiger partial charge in [-0.25, -0.2) is 0 Å². The van der Waals surface area contributed by atoms with E-state index in [0.717, 1.165) is 6.07 Å². The fourth-order valence-corrected chi connectivity index (χ4v) is 5.86. The number of rotatable bonds is 5. The molecule has 5 atom stereocenters. The summed E-state index contributed by atoms with van der Waals surface area (Å²) >= 11 is 0. The maximum absolute atomic E-state index is 12.9. The highest BCUT2D eigenvalue weighted by Crippen LogP contribution is 2.68. The number of aliphatic hydroxyl groups excluding tert-OH is 1. The van der Waals surface area contributed by atoms with Crippen molar-refractivity contribution in [3.63, 3.8) is 0 Å². The van der Waals surface area contributed by atoms with Crippen LogP contribution < -0.4 is 8.92 Å². The van der Waals surface area contributed by atoms with Crippen LogP contribution in [0.2, 0.25) is 0 Å². The van der Waals surface area contributed by atoms with Crippen LogP contribution in [0.25, 0.3) is 0 Å². The summed E-state index contributed by atoms with van der Waals surface area (Å²) in [5, 5.41) is 42.9. The molecule has 1 aliphatic carbocycles. The number of aromatic nitrogens is 1. The molecule has 1 aliphatic heterocycles. The number of nitrogens with zero attached hydrogens (tertiary/aromatic N) is 2. The predicted octanol–water partition coefficient (Wildman–Crippen LogP) is 2.52. The van der Waals surface area contributed by atoms with Crippen molar-refractivity contribution >= 4 is 16.1 Å². The van der Waals surface area contributed by atoms with E-state index in [1.54, 1.807) is 30.3 Å². The second-order valence-electron chi connectivity index (χ2n) is 8.99. The Morgan fingerprint density at radius 3 is 2.33 bits per heavy atom. The summed E-state index contributed by atoms with van der Waals surface area (Å²) in [5.41, 5.74) is -10.3. The monoisotopic (exact) mass is 562 g/mol. The molecule has 0 bridgehead atoms. The molecule has 1 aromatic heterocycles. The number of aliphatic hydroxyl groups is 2. The fourth-order valence-electron chi connectivity index (χ4n) is 5.42. The average Bonchev–Trinajstić information content (AvgIpc) is 3.26. The molecule has 1 fully saturated rings. The van der Waals surface area contributed by atoms with Crippen molar-refractivity contribution in [1.82, 2.24) is 4.98 Å². The maximum atomic E-state index is 12.9. The van der Waals surface area contributed by atoms with E-state index in [4.69, 9.17) is 4.74 Å². The number of halogens is 3. The minimum atomic E-state index is -6.08. The van der Waals surface area contributed by atoms with Crippen molar-refractivity contribution in [1.29, 1.82) is 5.26 Å². The zero-order valence-electron chi connectivity index (χ0n) is 19.4. The highest BCUT2D eigenvalue weighted by molar-refractivity contribution is 7.88. The topological polar surface area (TPSA) is 167 Å². The van der Waals surface area contributed by atoms with Crippen LogP contribution in [0.5, 0.6) is 11.5 Å². The number of hydrogen-bond donors (Lipinski definition) is 3. The van der Waals surface area contributed by atoms with Crippen molar-refractivity contribution < 1.29 is 50.6 Å². The van der Waals surface area contributed by atoms with E-state index in [2.05, 4.69) is 9.17 Å². The molecule has 3 N–H and O–H groups in total. The highest BCUT2D eigenvalue weighted by atomic mass is 32.2. The van der Waals surface area contributed by atoms with E-state index < -0.39 is 67.9 Å². The van der Waals surface area contributed by atoms with Crippen LogP contribution in [0.4, 0.5) is 13.2 Å². The van der Waals surface area contributed by atoms with Gasteiger partial charge in [-0.1, -0.05) is 42.5 Å². The molecular weight excluding hydrogens is 545 g/mol. The van der Waals surface area contributed by atoms with Crippen molar-refractivity contribution in [2.75, 3.05) is 0 Å². The zero-order valence-corrected chi connectivity index (χ0v) is 20.2. The molecule has 2 heterocycles. The van der Waals surface area contributed by atoms with E-state index in [0.29, 0.717) is 11.8 Å². The minimum absolute atomic E-state index is 0.115. The lowest BCUT2D eigenvalue weighted by atomic mass is 9.71. The van der Waals surface area contributed by atoms with Gasteiger partial charge in [0.25, 0.3) is 0 Å². The number of pyridine rings is 1. The summed E-state index contributed by atoms with van der Waals surface area (Å²) < 4.78 is 72.0. The Morgan fingerprint density at radius 1 is 1.13 bits per heavy atom. The standard InChI is InChI=1S/C25H17F3N2O8S/c26-25(27,28)39(35,36)38-16-10-17-20(30-12-16)23(34)21(31)18(22(32)33)19(14-4-2-1-3-5-14)24(23,37-17)15-8-6-13(11-29)7-9-15/h1-10,12,18-19,21,31,34H,(H,32,33)/t18-,19-,21?,23+,24+/m1/s1. The Morgan fingerprint density at radius 2 is 1.77 bits per heavy atom. The number of ether oxygens (including phenoxy) is 1. The number of benzene rings is 2. The molecule has 14 heteroatoms. The van der Waals surface area contributed by atoms with E-state index >= 15 is 0 Å². The number of carboxylic acid groups (broad SMARTS) is 1. The molecule has 2 aromatic carbocycles. The summed E-state index contributed by atoms with van der Waals surface area (Å²) in [5.74, 6) is -5.79. The quantitative estimate of drug-likeness (QED) is 0.311. The van der Waals surface area contributed by atoms with Gasteiger partial charge in [0.1, 0.15) is 17.5 Å². The van der Waals surface area contributed by atoms with Crippen LogP contribution in [0.15, 0.2) is 66.9 Å². The molecule has 3 aromatic rings. The number of nitriles is 1. The van der Waals surface area contributed by atoms with Gasteiger partial charge in [-0.15, -0.1) is 0 Å². The van der Waals surface area contributed by atoms with E-state index in [9.17, 15) is 47.0 Å². The summed E-state index contributed by atoms with van der Waals surface area (Å²) in [7, 11) is -6.08. The summed E-state index contributed by atoms with van der Waals surface area (Å²) in [6.45, 7) is 0. The first-order valence-corrected chi connectivity index (χ1v) is 12.6. The van der Waals surface area contributed by atoms with Crippen LogP contribution in [-0.2, 0) is 26.1 Å². The SMILES string of the molecule is N#Cc1ccc([C@@]23Oc4cc(OS(=O)(=O)C(F)(F)F)cnc4[C@]2(O)C(O)[C@H](C(=O)O)[C@H]3c2ccccc2)cc1. The van der Waals surface area contributed by atoms with Gasteiger partial charge >= 0.3 is 21.6 Å². The molecule has 1 unspecified atom stereocenters. The van der Waals surface area contributed by atoms with Crippen molar-refractivity contribution in [3.8, 4) is 17.6 Å². The Labute approximate surface area is 218 Å². The van der Waals surface area contributed by atoms with Crippen LogP contribution >= 0.6 is 0 Å². The van der Waals surface area contributed by atoms with Crippen LogP contribution in [0, 0.1) is 17.2 Å². The smallest absolute Gasteiger partial charge is 0.481 e. The fraction of sp³-hybridized carbons (Fsp3) is 0.240. The van der Waals surface area contributed by atoms with Gasteiger partial charge in [0.05, 0.1) is 23.7 Å². The second-order valence-corrected chi connectivity index (χ2v) is 10.5. The number of carboxylic acids is 1. The third-order valence-corrected chi connectivity index (χ3v) is 7.95. The molecule has 0 saturated heterocycles. The maximum Gasteiger partial charge on any atom is 0.534 e. The molecule has 202 valence electrons. The Bertz CT molecular complexity index is 1610. The number of hydrogen-bond acceptors (Lipinski definition) is 9. The highest BCUT2D eigenvalue weighted by Gasteiger charge is 2.78. The Balaban J connectivity index is 1.76. The van der Waals surface area contributed by atoms with Gasteiger partial charge in [-0.2, -0.15) is 26.9 Å². The van der Waals surface area contributed by atoms with Crippen LogP contribution in [0.3, 0.4) is 0 Å². The molecule has 0 spiro atoms. The van der Waals surface area contributed by atoms with Crippen LogP contribution in [0.1, 0.15) is 28.3 Å². The van der Waals surface area contributed by atoms with E-state index in [1.165, 1.54) is 24.3 Å². The first-order valence-electron chi connectivity index (χ1n) is 11.2. The lowest BCUT2D eigenvalue weighted by Gasteiger charge is -2.40. The molecular formula is C25H17F3N2O8S. The molecule has 10 nitrogen and oxygen atoms in total. The Kier molecular flexibility index (Phi) is 5.87. The summed E-state index contributed by atoms with van der Waals surface area (Å²) in [6.07, 6.45) is -1.48. The molecule has 2 aliphatic rings. The first kappa shape index (κ1) is 26.4. The summed E-state index contributed by atoms with van der Waals surface area (Å²) in [6, 6.07) is 16.1. The number of fused-ring (bicyclic) bond motifs is 3. The molecule has 5 rings (SSSR count). The average molecular weight is 562 g/mol. The second kappa shape index (κ2) is 8.67. The van der Waals surface area contributed by atoms with Crippen LogP contribution in [-0.4, -0.2) is 46.3 Å². The Hall–Kier alpha value is -4.19. The van der Waals surface area contributed by atoms with Gasteiger partial charge in [0, 0.05) is 12.0 Å². The van der Waals surface area contributed by atoms with Gasteiger partial charge in [-0.05, 0) is 23.3 Å². The van der Waals surface area contributed by atoms with Gasteiger partial charge in [0.15, 0.2) is 17.0 Å². The lowest BCUT2D eigenvalue weighted by Crippen LogP contribution is -2.52. The molecule has 0 radical (unpaired) electrons. The third-order valence-electron chi connectivity index (χ3n) is 6.97. The normalized spacial score (nSPS) is 27.6. The number of carbonyl (C=O) groups is 1.